The average molecular weight is 391 g/mol. The number of alkyl halides is 2. The molecule has 1 amide bonds. The van der Waals surface area contributed by atoms with E-state index in [4.69, 9.17) is 4.74 Å². The van der Waals surface area contributed by atoms with E-state index in [-0.39, 0.29) is 24.8 Å². The molecular formula is C19H23F2N5O2. The molecule has 1 fully saturated rings. The van der Waals surface area contributed by atoms with E-state index < -0.39 is 12.5 Å². The van der Waals surface area contributed by atoms with Crippen LogP contribution in [0.3, 0.4) is 0 Å². The summed E-state index contributed by atoms with van der Waals surface area (Å²) in [6, 6.07) is 4.53. The van der Waals surface area contributed by atoms with E-state index in [9.17, 15) is 13.6 Å². The minimum Gasteiger partial charge on any atom is -0.491 e. The predicted molar refractivity (Wildman–Crippen MR) is 102 cm³/mol. The zero-order valence-corrected chi connectivity index (χ0v) is 15.9. The van der Waals surface area contributed by atoms with E-state index in [2.05, 4.69) is 10.3 Å². The summed E-state index contributed by atoms with van der Waals surface area (Å²) < 4.78 is 35.0. The quantitative estimate of drug-likeness (QED) is 0.867. The highest BCUT2D eigenvalue weighted by atomic mass is 19.3. The first-order valence-corrected chi connectivity index (χ1v) is 9.35. The molecule has 1 unspecified atom stereocenters. The maximum absolute atomic E-state index is 13.6. The molecule has 0 spiro atoms. The van der Waals surface area contributed by atoms with Gasteiger partial charge < -0.3 is 14.6 Å². The number of ether oxygens (including phenoxy) is 1. The molecule has 7 nitrogen and oxygen atoms in total. The van der Waals surface area contributed by atoms with Crippen molar-refractivity contribution in [1.82, 2.24) is 14.5 Å². The Morgan fingerprint density at radius 1 is 1.39 bits per heavy atom. The van der Waals surface area contributed by atoms with Crippen LogP contribution in [0.25, 0.3) is 11.4 Å². The molecule has 150 valence electrons. The van der Waals surface area contributed by atoms with Crippen molar-refractivity contribution in [1.29, 1.82) is 0 Å². The largest absolute Gasteiger partial charge is 0.491 e. The van der Waals surface area contributed by atoms with Crippen molar-refractivity contribution in [2.45, 2.75) is 25.9 Å². The van der Waals surface area contributed by atoms with Crippen LogP contribution in [0.1, 0.15) is 6.92 Å². The number of fused-ring (bicyclic) bond motifs is 3. The Labute approximate surface area is 161 Å². The second-order valence-electron chi connectivity index (χ2n) is 7.07. The number of nitrogens with one attached hydrogen (secondary N) is 1. The summed E-state index contributed by atoms with van der Waals surface area (Å²) >= 11 is 0. The molecule has 28 heavy (non-hydrogen) atoms. The zero-order valence-electron chi connectivity index (χ0n) is 15.9. The summed E-state index contributed by atoms with van der Waals surface area (Å²) in [6.45, 7) is 3.96. The number of piperazine rings is 1. The lowest BCUT2D eigenvalue weighted by atomic mass is 10.1. The van der Waals surface area contributed by atoms with Crippen molar-refractivity contribution in [3.63, 3.8) is 0 Å². The third kappa shape index (κ3) is 3.30. The number of carbonyl (C=O) groups excluding carboxylic acids is 1. The number of amides is 1. The van der Waals surface area contributed by atoms with Crippen LogP contribution in [0.15, 0.2) is 24.4 Å². The van der Waals surface area contributed by atoms with Crippen molar-refractivity contribution in [2.75, 3.05) is 43.5 Å². The van der Waals surface area contributed by atoms with Crippen molar-refractivity contribution in [3.8, 4) is 17.1 Å². The van der Waals surface area contributed by atoms with Crippen LogP contribution in [-0.4, -0.2) is 66.1 Å². The molecule has 2 aromatic rings. The molecule has 1 N–H and O–H groups in total. The molecule has 0 saturated carbocycles. The van der Waals surface area contributed by atoms with E-state index in [0.717, 1.165) is 22.7 Å². The number of benzene rings is 1. The molecule has 3 heterocycles. The topological polar surface area (TPSA) is 62.6 Å². The van der Waals surface area contributed by atoms with Gasteiger partial charge in [0.2, 0.25) is 5.91 Å². The highest BCUT2D eigenvalue weighted by Gasteiger charge is 2.39. The molecule has 0 aliphatic carbocycles. The molecule has 9 heteroatoms. The number of anilines is 2. The first-order chi connectivity index (χ1) is 13.5. The Hall–Kier alpha value is -2.68. The molecule has 1 atom stereocenters. The van der Waals surface area contributed by atoms with E-state index in [0.29, 0.717) is 24.7 Å². The lowest BCUT2D eigenvalue weighted by molar-refractivity contribution is -0.123. The minimum atomic E-state index is -2.65. The molecule has 2 aliphatic heterocycles. The highest BCUT2D eigenvalue weighted by Crippen LogP contribution is 2.36. The maximum atomic E-state index is 13.6. The molecule has 0 bridgehead atoms. The van der Waals surface area contributed by atoms with Crippen LogP contribution >= 0.6 is 0 Å². The molecule has 2 aliphatic rings. The summed E-state index contributed by atoms with van der Waals surface area (Å²) in [5, 5.41) is 3.24. The Bertz CT molecular complexity index is 885. The van der Waals surface area contributed by atoms with E-state index in [1.807, 2.05) is 29.7 Å². The van der Waals surface area contributed by atoms with Gasteiger partial charge >= 0.3 is 0 Å². The fourth-order valence-electron chi connectivity index (χ4n) is 3.75. The van der Waals surface area contributed by atoms with Crippen LogP contribution in [0, 0.1) is 0 Å². The number of imidazole rings is 1. The van der Waals surface area contributed by atoms with Crippen LogP contribution in [0.5, 0.6) is 5.75 Å². The van der Waals surface area contributed by atoms with Crippen molar-refractivity contribution >= 4 is 17.4 Å². The number of hydrogen-bond acceptors (Lipinski definition) is 5. The summed E-state index contributed by atoms with van der Waals surface area (Å²) in [7, 11) is 1.67. The van der Waals surface area contributed by atoms with Crippen molar-refractivity contribution in [3.05, 3.63) is 24.4 Å². The Morgan fingerprint density at radius 3 is 2.96 bits per heavy atom. The first kappa shape index (κ1) is 18.7. The van der Waals surface area contributed by atoms with Gasteiger partial charge in [0.05, 0.1) is 18.7 Å². The van der Waals surface area contributed by atoms with Crippen LogP contribution in [-0.2, 0) is 11.3 Å². The SMILES string of the molecule is CCNc1ccc2c(c1)OCCn1cc(N3C(=O)CN(C)CC3C(F)F)nc1-2. The normalized spacial score (nSPS) is 19.8. The lowest BCUT2D eigenvalue weighted by Gasteiger charge is -2.37. The zero-order chi connectivity index (χ0) is 19.8. The average Bonchev–Trinajstić information content (AvgIpc) is 2.97. The van der Waals surface area contributed by atoms with Crippen LogP contribution in [0.2, 0.25) is 0 Å². The Kier molecular flexibility index (Phi) is 4.92. The third-order valence-corrected chi connectivity index (χ3v) is 5.00. The smallest absolute Gasteiger partial charge is 0.260 e. The second kappa shape index (κ2) is 7.38. The van der Waals surface area contributed by atoms with E-state index in [1.165, 1.54) is 0 Å². The number of rotatable bonds is 4. The molecular weight excluding hydrogens is 368 g/mol. The Balaban J connectivity index is 1.74. The van der Waals surface area contributed by atoms with Gasteiger partial charge in [0.1, 0.15) is 24.2 Å². The minimum absolute atomic E-state index is 0.0944. The van der Waals surface area contributed by atoms with Gasteiger partial charge in [-0.05, 0) is 26.1 Å². The van der Waals surface area contributed by atoms with Crippen LogP contribution in [0.4, 0.5) is 20.3 Å². The van der Waals surface area contributed by atoms with Gasteiger partial charge in [0.15, 0.2) is 5.82 Å². The summed E-state index contributed by atoms with van der Waals surface area (Å²) in [5.74, 6) is 1.20. The molecule has 1 saturated heterocycles. The van der Waals surface area contributed by atoms with Gasteiger partial charge in [-0.3, -0.25) is 14.6 Å². The number of halogens is 2. The summed E-state index contributed by atoms with van der Waals surface area (Å²) in [6.07, 6.45) is -0.976. The van der Waals surface area contributed by atoms with Crippen molar-refractivity contribution in [2.24, 2.45) is 0 Å². The molecule has 0 radical (unpaired) electrons. The highest BCUT2D eigenvalue weighted by molar-refractivity contribution is 5.95. The summed E-state index contributed by atoms with van der Waals surface area (Å²) in [4.78, 5) is 19.9. The first-order valence-electron chi connectivity index (χ1n) is 9.35. The fraction of sp³-hybridized carbons (Fsp3) is 0.474. The second-order valence-corrected chi connectivity index (χ2v) is 7.07. The number of carbonyl (C=O) groups is 1. The standard InChI is InChI=1S/C19H23F2N5O2/c1-3-22-12-4-5-13-15(8-12)28-7-6-25-10-16(23-19(13)25)26-14(18(20)21)9-24(2)11-17(26)27/h4-5,8,10,14,18,22H,3,6-7,9,11H2,1-2H3. The number of hydrogen-bond donors (Lipinski definition) is 1. The number of nitrogens with zero attached hydrogens (tertiary/aromatic N) is 4. The van der Waals surface area contributed by atoms with Crippen LogP contribution < -0.4 is 15.0 Å². The maximum Gasteiger partial charge on any atom is 0.260 e. The fourth-order valence-corrected chi connectivity index (χ4v) is 3.75. The van der Waals surface area contributed by atoms with E-state index >= 15 is 0 Å². The molecule has 1 aromatic carbocycles. The molecule has 4 rings (SSSR count). The van der Waals surface area contributed by atoms with Gasteiger partial charge in [0.25, 0.3) is 6.43 Å². The number of likely N-dealkylation sites (N-methyl/N-ethyl adjacent to an activating group) is 1. The van der Waals surface area contributed by atoms with E-state index in [1.54, 1.807) is 18.1 Å². The van der Waals surface area contributed by atoms with Gasteiger partial charge in [-0.15, -0.1) is 0 Å². The van der Waals surface area contributed by atoms with Crippen molar-refractivity contribution < 1.29 is 18.3 Å². The lowest BCUT2D eigenvalue weighted by Crippen LogP contribution is -2.58. The van der Waals surface area contributed by atoms with Gasteiger partial charge in [-0.2, -0.15) is 0 Å². The third-order valence-electron chi connectivity index (χ3n) is 5.00. The summed E-state index contributed by atoms with van der Waals surface area (Å²) in [5.41, 5.74) is 1.72. The van der Waals surface area contributed by atoms with Gasteiger partial charge in [0, 0.05) is 31.0 Å². The van der Waals surface area contributed by atoms with Gasteiger partial charge in [-0.25, -0.2) is 13.8 Å². The van der Waals surface area contributed by atoms with Gasteiger partial charge in [-0.1, -0.05) is 0 Å². The monoisotopic (exact) mass is 391 g/mol. The molecule has 1 aromatic heterocycles. The Morgan fingerprint density at radius 2 is 2.21 bits per heavy atom. The number of aromatic nitrogens is 2. The predicted octanol–water partition coefficient (Wildman–Crippen LogP) is 2.29.